The normalized spacial score (nSPS) is 20.7. The Morgan fingerprint density at radius 1 is 1.09 bits per heavy atom. The number of aryl methyl sites for hydroxylation is 1. The molecule has 2 aliphatic heterocycles. The van der Waals surface area contributed by atoms with Crippen LogP contribution in [0.5, 0.6) is 0 Å². The number of likely N-dealkylation sites (tertiary alicyclic amines) is 1. The summed E-state index contributed by atoms with van der Waals surface area (Å²) in [5, 5.41) is 3.14. The van der Waals surface area contributed by atoms with Gasteiger partial charge in [-0.2, -0.15) is 0 Å². The van der Waals surface area contributed by atoms with Gasteiger partial charge in [0, 0.05) is 42.2 Å². The first-order chi connectivity index (χ1) is 16.2. The van der Waals surface area contributed by atoms with Crippen molar-refractivity contribution in [3.8, 4) is 0 Å². The van der Waals surface area contributed by atoms with Crippen LogP contribution in [0.2, 0.25) is 5.02 Å². The minimum Gasteiger partial charge on any atom is -0.350 e. The number of rotatable bonds is 5. The van der Waals surface area contributed by atoms with Crippen molar-refractivity contribution < 1.29 is 19.3 Å². The van der Waals surface area contributed by atoms with Crippen LogP contribution >= 0.6 is 23.2 Å². The Kier molecular flexibility index (Phi) is 6.98. The molecule has 0 atom stereocenters. The molecule has 0 saturated carbocycles. The molecule has 2 N–H and O–H groups in total. The van der Waals surface area contributed by atoms with E-state index in [1.807, 2.05) is 7.05 Å². The molecular formula is C25H27Cl2N4O3+. The van der Waals surface area contributed by atoms with Gasteiger partial charge in [0.1, 0.15) is 10.7 Å². The van der Waals surface area contributed by atoms with E-state index >= 15 is 0 Å². The summed E-state index contributed by atoms with van der Waals surface area (Å²) in [6.07, 6.45) is 1.92. The molecule has 1 fully saturated rings. The summed E-state index contributed by atoms with van der Waals surface area (Å²) in [4.78, 5) is 43.3. The van der Waals surface area contributed by atoms with Crippen molar-refractivity contribution in [3.05, 3.63) is 69.3 Å². The van der Waals surface area contributed by atoms with Gasteiger partial charge in [0.05, 0.1) is 25.8 Å². The van der Waals surface area contributed by atoms with Gasteiger partial charge in [0.2, 0.25) is 0 Å². The molecular weight excluding hydrogens is 475 g/mol. The third-order valence-corrected chi connectivity index (χ3v) is 7.08. The fraction of sp³-hybridized carbons (Fsp3) is 0.320. The summed E-state index contributed by atoms with van der Waals surface area (Å²) >= 11 is 12.4. The number of piperidine rings is 1. The van der Waals surface area contributed by atoms with Crippen molar-refractivity contribution in [1.82, 2.24) is 4.90 Å². The molecule has 0 aliphatic carbocycles. The van der Waals surface area contributed by atoms with E-state index in [-0.39, 0.29) is 22.7 Å². The molecule has 0 aromatic heterocycles. The lowest BCUT2D eigenvalue weighted by Gasteiger charge is -2.33. The van der Waals surface area contributed by atoms with Gasteiger partial charge >= 0.3 is 0 Å². The van der Waals surface area contributed by atoms with E-state index in [0.717, 1.165) is 30.8 Å². The van der Waals surface area contributed by atoms with Crippen LogP contribution in [-0.2, 0) is 9.59 Å². The Balaban J connectivity index is 1.53. The van der Waals surface area contributed by atoms with Crippen LogP contribution in [0.25, 0.3) is 0 Å². The number of carbonyl (C=O) groups is 3. The Hall–Kier alpha value is -2.87. The topological polar surface area (TPSA) is 74.2 Å². The van der Waals surface area contributed by atoms with Crippen molar-refractivity contribution in [2.24, 2.45) is 0 Å². The maximum Gasteiger partial charge on any atom is 0.283 e. The Labute approximate surface area is 208 Å². The summed E-state index contributed by atoms with van der Waals surface area (Å²) in [5.41, 5.74) is 2.04. The highest BCUT2D eigenvalue weighted by Crippen LogP contribution is 2.33. The maximum absolute atomic E-state index is 13.1. The highest BCUT2D eigenvalue weighted by atomic mass is 35.5. The summed E-state index contributed by atoms with van der Waals surface area (Å²) in [6.45, 7) is 3.85. The Morgan fingerprint density at radius 2 is 1.79 bits per heavy atom. The first-order valence-corrected chi connectivity index (χ1v) is 11.9. The number of hydrogen-bond acceptors (Lipinski definition) is 4. The van der Waals surface area contributed by atoms with Crippen molar-refractivity contribution in [1.29, 1.82) is 0 Å². The Bertz CT molecular complexity index is 1190. The Morgan fingerprint density at radius 3 is 2.50 bits per heavy atom. The van der Waals surface area contributed by atoms with Gasteiger partial charge in [-0.15, -0.1) is 0 Å². The molecule has 34 heavy (non-hydrogen) atoms. The molecule has 0 radical (unpaired) electrons. The third-order valence-electron chi connectivity index (χ3n) is 6.49. The van der Waals surface area contributed by atoms with Crippen LogP contribution in [0.1, 0.15) is 28.8 Å². The van der Waals surface area contributed by atoms with Crippen molar-refractivity contribution in [3.63, 3.8) is 0 Å². The number of hydrogen-bond donors (Lipinski definition) is 2. The minimum absolute atomic E-state index is 0.0395. The zero-order valence-electron chi connectivity index (χ0n) is 19.3. The predicted molar refractivity (Wildman–Crippen MR) is 133 cm³/mol. The number of amides is 3. The summed E-state index contributed by atoms with van der Waals surface area (Å²) in [5.74, 6) is -1.29. The van der Waals surface area contributed by atoms with Gasteiger partial charge < -0.3 is 15.1 Å². The van der Waals surface area contributed by atoms with E-state index in [2.05, 4.69) is 12.4 Å². The number of anilines is 2. The average Bonchev–Trinajstić information content (AvgIpc) is 3.03. The zero-order chi connectivity index (χ0) is 24.6. The summed E-state index contributed by atoms with van der Waals surface area (Å²) < 4.78 is 0. The number of benzene rings is 2. The monoisotopic (exact) mass is 501 g/mol. The lowest BCUT2D eigenvalue weighted by Crippen LogP contribution is -3.10. The average molecular weight is 502 g/mol. The van der Waals surface area contributed by atoms with E-state index in [1.54, 1.807) is 54.3 Å². The van der Waals surface area contributed by atoms with Gasteiger partial charge in [-0.05, 0) is 42.8 Å². The quantitative estimate of drug-likeness (QED) is 0.617. The van der Waals surface area contributed by atoms with E-state index < -0.39 is 11.8 Å². The molecule has 2 aromatic rings. The van der Waals surface area contributed by atoms with Gasteiger partial charge in [-0.25, -0.2) is 4.90 Å². The van der Waals surface area contributed by atoms with Gasteiger partial charge in [-0.1, -0.05) is 35.3 Å². The van der Waals surface area contributed by atoms with Crippen LogP contribution in [0, 0.1) is 6.92 Å². The smallest absolute Gasteiger partial charge is 0.283 e. The molecule has 9 heteroatoms. The van der Waals surface area contributed by atoms with Crippen LogP contribution < -0.4 is 15.1 Å². The molecule has 4 rings (SSSR count). The van der Waals surface area contributed by atoms with Gasteiger partial charge in [-0.3, -0.25) is 14.4 Å². The highest BCUT2D eigenvalue weighted by molar-refractivity contribution is 6.53. The van der Waals surface area contributed by atoms with E-state index in [1.165, 1.54) is 4.90 Å². The molecule has 0 spiro atoms. The zero-order valence-corrected chi connectivity index (χ0v) is 20.8. The lowest BCUT2D eigenvalue weighted by molar-refractivity contribution is -0.885. The minimum atomic E-state index is -0.629. The van der Waals surface area contributed by atoms with Crippen molar-refractivity contribution in [2.75, 3.05) is 37.4 Å². The third kappa shape index (κ3) is 4.69. The second kappa shape index (κ2) is 9.78. The van der Waals surface area contributed by atoms with Crippen molar-refractivity contribution in [2.45, 2.75) is 25.8 Å². The van der Waals surface area contributed by atoms with Gasteiger partial charge in [0.15, 0.2) is 0 Å². The number of nitrogens with one attached hydrogen (secondary N) is 2. The largest absolute Gasteiger partial charge is 0.350 e. The lowest BCUT2D eigenvalue weighted by atomic mass is 10.0. The number of carbonyl (C=O) groups excluding carboxylic acids is 3. The van der Waals surface area contributed by atoms with E-state index in [9.17, 15) is 14.4 Å². The fourth-order valence-corrected chi connectivity index (χ4v) is 4.76. The molecule has 0 bridgehead atoms. The molecule has 0 unspecified atom stereocenters. The SMILES string of the molecule is Cc1ccc(Cl)cc1N1C(=O)C(Cl)=C(Nc2cccc(C(=O)N(C)C3CC[NH+](C)CC3)c2)C1=O. The summed E-state index contributed by atoms with van der Waals surface area (Å²) in [6, 6.07) is 12.0. The first-order valence-electron chi connectivity index (χ1n) is 11.2. The second-order valence-corrected chi connectivity index (χ2v) is 9.69. The number of quaternary nitrogens is 1. The molecule has 2 aliphatic rings. The molecule has 7 nitrogen and oxygen atoms in total. The summed E-state index contributed by atoms with van der Waals surface area (Å²) in [7, 11) is 3.99. The highest BCUT2D eigenvalue weighted by Gasteiger charge is 2.39. The van der Waals surface area contributed by atoms with E-state index in [4.69, 9.17) is 23.2 Å². The van der Waals surface area contributed by atoms with E-state index in [0.29, 0.717) is 27.5 Å². The number of nitrogens with zero attached hydrogens (tertiary/aromatic N) is 2. The van der Waals surface area contributed by atoms with Gasteiger partial charge in [0.25, 0.3) is 17.7 Å². The molecule has 3 amide bonds. The van der Waals surface area contributed by atoms with Crippen LogP contribution in [0.3, 0.4) is 0 Å². The number of imide groups is 1. The predicted octanol–water partition coefficient (Wildman–Crippen LogP) is 2.83. The second-order valence-electron chi connectivity index (χ2n) is 8.88. The first kappa shape index (κ1) is 24.3. The molecule has 2 heterocycles. The maximum atomic E-state index is 13.1. The standard InChI is InChI=1S/C25H26Cl2N4O3/c1-15-7-8-17(26)14-20(15)31-24(33)21(27)22(25(31)34)28-18-6-4-5-16(13-18)23(32)30(3)19-9-11-29(2)12-10-19/h4-8,13-14,19,28H,9-12H2,1-3H3/p+1. The van der Waals surface area contributed by atoms with Crippen LogP contribution in [0.15, 0.2) is 53.2 Å². The van der Waals surface area contributed by atoms with Crippen LogP contribution in [-0.4, -0.2) is 55.8 Å². The van der Waals surface area contributed by atoms with Crippen LogP contribution in [0.4, 0.5) is 11.4 Å². The molecule has 1 saturated heterocycles. The van der Waals surface area contributed by atoms with Crippen molar-refractivity contribution >= 4 is 52.3 Å². The molecule has 2 aromatic carbocycles. The number of halogens is 2. The molecule has 178 valence electrons. The fourth-order valence-electron chi connectivity index (χ4n) is 4.38.